The third kappa shape index (κ3) is 6.43. The minimum absolute atomic E-state index is 0.0498. The molecule has 0 aliphatic rings. The van der Waals surface area contributed by atoms with Gasteiger partial charge in [-0.25, -0.2) is 0 Å². The number of anilines is 3. The van der Waals surface area contributed by atoms with Gasteiger partial charge in [0.2, 0.25) is 5.91 Å². The van der Waals surface area contributed by atoms with E-state index in [9.17, 15) is 14.4 Å². The van der Waals surface area contributed by atoms with E-state index in [0.717, 1.165) is 0 Å². The number of amides is 3. The van der Waals surface area contributed by atoms with Gasteiger partial charge in [0.15, 0.2) is 0 Å². The summed E-state index contributed by atoms with van der Waals surface area (Å²) in [4.78, 5) is 36.3. The first-order valence-corrected chi connectivity index (χ1v) is 9.93. The van der Waals surface area contributed by atoms with Crippen LogP contribution in [-0.4, -0.2) is 30.8 Å². The van der Waals surface area contributed by atoms with Crippen LogP contribution in [0.15, 0.2) is 78.9 Å². The Balaban J connectivity index is 1.51. The summed E-state index contributed by atoms with van der Waals surface area (Å²) in [7, 11) is 0. The van der Waals surface area contributed by atoms with Gasteiger partial charge in [-0.15, -0.1) is 0 Å². The van der Waals surface area contributed by atoms with E-state index in [0.29, 0.717) is 34.7 Å². The van der Waals surface area contributed by atoms with Gasteiger partial charge in [-0.1, -0.05) is 24.3 Å². The Morgan fingerprint density at radius 2 is 1.35 bits per heavy atom. The quantitative estimate of drug-likeness (QED) is 0.450. The van der Waals surface area contributed by atoms with Gasteiger partial charge in [-0.3, -0.25) is 14.4 Å². The monoisotopic (exact) mass is 416 g/mol. The standard InChI is InChI=1S/C24H24N4O3/c1-2-25-23(30)18-11-13-19(14-12-18)27-22(29)16-26-20-9-6-10-21(15-20)28-24(31)17-7-4-3-5-8-17/h3-15,26H,2,16H2,1H3,(H,25,30)(H,27,29)(H,28,31). The SMILES string of the molecule is CCNC(=O)c1ccc(NC(=O)CNc2cccc(NC(=O)c3ccccc3)c2)cc1. The first kappa shape index (κ1) is 21.6. The number of hydrogen-bond donors (Lipinski definition) is 4. The highest BCUT2D eigenvalue weighted by atomic mass is 16.2. The van der Waals surface area contributed by atoms with Crippen LogP contribution in [0.3, 0.4) is 0 Å². The van der Waals surface area contributed by atoms with E-state index in [2.05, 4.69) is 21.3 Å². The zero-order valence-electron chi connectivity index (χ0n) is 17.1. The van der Waals surface area contributed by atoms with Gasteiger partial charge >= 0.3 is 0 Å². The molecule has 7 nitrogen and oxygen atoms in total. The summed E-state index contributed by atoms with van der Waals surface area (Å²) in [5, 5.41) is 11.4. The van der Waals surface area contributed by atoms with E-state index < -0.39 is 0 Å². The maximum atomic E-state index is 12.3. The Morgan fingerprint density at radius 3 is 2.06 bits per heavy atom. The van der Waals surface area contributed by atoms with Crippen LogP contribution in [0.25, 0.3) is 0 Å². The van der Waals surface area contributed by atoms with Crippen molar-refractivity contribution in [1.29, 1.82) is 0 Å². The van der Waals surface area contributed by atoms with E-state index in [-0.39, 0.29) is 24.3 Å². The Labute approximate surface area is 180 Å². The van der Waals surface area contributed by atoms with Crippen LogP contribution >= 0.6 is 0 Å². The molecule has 3 amide bonds. The predicted molar refractivity (Wildman–Crippen MR) is 122 cm³/mol. The van der Waals surface area contributed by atoms with Crippen LogP contribution in [-0.2, 0) is 4.79 Å². The summed E-state index contributed by atoms with van der Waals surface area (Å²) in [5.41, 5.74) is 3.03. The minimum Gasteiger partial charge on any atom is -0.376 e. The van der Waals surface area contributed by atoms with E-state index in [1.807, 2.05) is 19.1 Å². The van der Waals surface area contributed by atoms with Gasteiger partial charge < -0.3 is 21.3 Å². The Morgan fingerprint density at radius 1 is 0.677 bits per heavy atom. The van der Waals surface area contributed by atoms with Gasteiger partial charge in [0.1, 0.15) is 0 Å². The molecular weight excluding hydrogens is 392 g/mol. The second-order valence-electron chi connectivity index (χ2n) is 6.74. The van der Waals surface area contributed by atoms with Crippen LogP contribution in [0, 0.1) is 0 Å². The molecule has 3 rings (SSSR count). The molecule has 7 heteroatoms. The number of carbonyl (C=O) groups excluding carboxylic acids is 3. The fraction of sp³-hybridized carbons (Fsp3) is 0.125. The zero-order chi connectivity index (χ0) is 22.1. The normalized spacial score (nSPS) is 10.1. The average molecular weight is 416 g/mol. The van der Waals surface area contributed by atoms with Crippen LogP contribution < -0.4 is 21.3 Å². The van der Waals surface area contributed by atoms with E-state index in [1.165, 1.54) is 0 Å². The summed E-state index contributed by atoms with van der Waals surface area (Å²) >= 11 is 0. The molecular formula is C24H24N4O3. The van der Waals surface area contributed by atoms with Gasteiger partial charge in [0, 0.05) is 34.7 Å². The minimum atomic E-state index is -0.232. The summed E-state index contributed by atoms with van der Waals surface area (Å²) < 4.78 is 0. The highest BCUT2D eigenvalue weighted by Crippen LogP contribution is 2.16. The number of benzene rings is 3. The molecule has 31 heavy (non-hydrogen) atoms. The van der Waals surface area contributed by atoms with Crippen molar-refractivity contribution in [2.45, 2.75) is 6.92 Å². The predicted octanol–water partition coefficient (Wildman–Crippen LogP) is 3.74. The van der Waals surface area contributed by atoms with Gasteiger partial charge in [0.05, 0.1) is 6.54 Å². The molecule has 0 aliphatic carbocycles. The number of nitrogens with one attached hydrogen (secondary N) is 4. The largest absolute Gasteiger partial charge is 0.376 e. The van der Waals surface area contributed by atoms with Crippen LogP contribution in [0.2, 0.25) is 0 Å². The smallest absolute Gasteiger partial charge is 0.255 e. The van der Waals surface area contributed by atoms with Crippen molar-refractivity contribution in [2.24, 2.45) is 0 Å². The van der Waals surface area contributed by atoms with Crippen molar-refractivity contribution in [3.63, 3.8) is 0 Å². The van der Waals surface area contributed by atoms with E-state index in [1.54, 1.807) is 66.7 Å². The molecule has 3 aromatic carbocycles. The maximum Gasteiger partial charge on any atom is 0.255 e. The van der Waals surface area contributed by atoms with Gasteiger partial charge in [0.25, 0.3) is 11.8 Å². The first-order valence-electron chi connectivity index (χ1n) is 9.93. The van der Waals surface area contributed by atoms with Gasteiger partial charge in [-0.2, -0.15) is 0 Å². The topological polar surface area (TPSA) is 99.3 Å². The molecule has 0 fully saturated rings. The number of carbonyl (C=O) groups is 3. The molecule has 158 valence electrons. The lowest BCUT2D eigenvalue weighted by molar-refractivity contribution is -0.114. The molecule has 0 spiro atoms. The van der Waals surface area contributed by atoms with Crippen molar-refractivity contribution >= 4 is 34.8 Å². The third-order valence-electron chi connectivity index (χ3n) is 4.38. The fourth-order valence-corrected chi connectivity index (χ4v) is 2.85. The molecule has 4 N–H and O–H groups in total. The molecule has 0 saturated heterocycles. The van der Waals surface area contributed by atoms with Crippen LogP contribution in [0.1, 0.15) is 27.6 Å². The highest BCUT2D eigenvalue weighted by molar-refractivity contribution is 6.04. The fourth-order valence-electron chi connectivity index (χ4n) is 2.85. The zero-order valence-corrected chi connectivity index (χ0v) is 17.1. The van der Waals surface area contributed by atoms with Gasteiger partial charge in [-0.05, 0) is 61.5 Å². The van der Waals surface area contributed by atoms with Crippen molar-refractivity contribution in [3.8, 4) is 0 Å². The second-order valence-corrected chi connectivity index (χ2v) is 6.74. The van der Waals surface area contributed by atoms with E-state index >= 15 is 0 Å². The Kier molecular flexibility index (Phi) is 7.37. The van der Waals surface area contributed by atoms with Crippen molar-refractivity contribution in [3.05, 3.63) is 90.0 Å². The van der Waals surface area contributed by atoms with Crippen molar-refractivity contribution < 1.29 is 14.4 Å². The average Bonchev–Trinajstić information content (AvgIpc) is 2.79. The molecule has 3 aromatic rings. The van der Waals surface area contributed by atoms with Crippen molar-refractivity contribution in [2.75, 3.05) is 29.0 Å². The molecule has 0 atom stereocenters. The van der Waals surface area contributed by atoms with E-state index in [4.69, 9.17) is 0 Å². The summed E-state index contributed by atoms with van der Waals surface area (Å²) in [6.45, 7) is 2.46. The number of rotatable bonds is 8. The lowest BCUT2D eigenvalue weighted by Crippen LogP contribution is -2.23. The second kappa shape index (κ2) is 10.6. The molecule has 0 unspecified atom stereocenters. The maximum absolute atomic E-state index is 12.3. The third-order valence-corrected chi connectivity index (χ3v) is 4.38. The molecule has 0 aromatic heterocycles. The van der Waals surface area contributed by atoms with Crippen LogP contribution in [0.5, 0.6) is 0 Å². The molecule has 0 aliphatic heterocycles. The van der Waals surface area contributed by atoms with Crippen molar-refractivity contribution in [1.82, 2.24) is 5.32 Å². The summed E-state index contributed by atoms with van der Waals surface area (Å²) in [6, 6.07) is 22.8. The number of hydrogen-bond acceptors (Lipinski definition) is 4. The highest BCUT2D eigenvalue weighted by Gasteiger charge is 2.08. The molecule has 0 radical (unpaired) electrons. The van der Waals surface area contributed by atoms with Crippen LogP contribution in [0.4, 0.5) is 17.1 Å². The Bertz CT molecular complexity index is 1050. The lowest BCUT2D eigenvalue weighted by Gasteiger charge is -2.10. The Hall–Kier alpha value is -4.13. The molecule has 0 bridgehead atoms. The summed E-state index contributed by atoms with van der Waals surface area (Å²) in [5.74, 6) is -0.586. The lowest BCUT2D eigenvalue weighted by atomic mass is 10.2. The summed E-state index contributed by atoms with van der Waals surface area (Å²) in [6.07, 6.45) is 0. The molecule has 0 saturated carbocycles. The first-order chi connectivity index (χ1) is 15.0. The molecule has 0 heterocycles.